The number of phenols is 2. The van der Waals surface area contributed by atoms with Gasteiger partial charge in [0, 0.05) is 11.8 Å². The molecule has 0 spiro atoms. The van der Waals surface area contributed by atoms with Crippen molar-refractivity contribution in [3.63, 3.8) is 0 Å². The number of carboxylic acids is 1. The summed E-state index contributed by atoms with van der Waals surface area (Å²) in [5, 5.41) is 29.8. The summed E-state index contributed by atoms with van der Waals surface area (Å²) in [6, 6.07) is 2.03. The highest BCUT2D eigenvalue weighted by Gasteiger charge is 2.19. The maximum absolute atomic E-state index is 11.5. The molecular formula is C12H15NO6. The molecule has 7 nitrogen and oxygen atoms in total. The maximum atomic E-state index is 11.5. The molecule has 0 saturated carbocycles. The summed E-state index contributed by atoms with van der Waals surface area (Å²) >= 11 is 0. The minimum Gasteiger partial charge on any atom is -0.504 e. The normalized spacial score (nSPS) is 10.9. The van der Waals surface area contributed by atoms with Crippen molar-refractivity contribution in [3.8, 4) is 11.5 Å². The van der Waals surface area contributed by atoms with E-state index in [1.54, 1.807) is 20.8 Å². The molecule has 1 aromatic carbocycles. The zero-order chi connectivity index (χ0) is 14.8. The summed E-state index contributed by atoms with van der Waals surface area (Å²) in [7, 11) is 0. The molecule has 0 aliphatic carbocycles. The molecule has 0 heterocycles. The molecule has 0 radical (unpaired) electrons. The van der Waals surface area contributed by atoms with Crippen LogP contribution in [0.4, 0.5) is 10.5 Å². The highest BCUT2D eigenvalue weighted by Crippen LogP contribution is 2.32. The van der Waals surface area contributed by atoms with Crippen molar-refractivity contribution in [2.45, 2.75) is 26.4 Å². The third-order valence-electron chi connectivity index (χ3n) is 1.97. The van der Waals surface area contributed by atoms with Crippen LogP contribution >= 0.6 is 0 Å². The Balaban J connectivity index is 2.97. The minimum atomic E-state index is -1.43. The van der Waals surface area contributed by atoms with Crippen LogP contribution in [-0.4, -0.2) is 33.0 Å². The van der Waals surface area contributed by atoms with Crippen LogP contribution in [0.25, 0.3) is 0 Å². The number of rotatable bonds is 2. The van der Waals surface area contributed by atoms with Crippen LogP contribution in [0.3, 0.4) is 0 Å². The van der Waals surface area contributed by atoms with Crippen molar-refractivity contribution in [1.82, 2.24) is 0 Å². The summed E-state index contributed by atoms with van der Waals surface area (Å²) in [5.41, 5.74) is -1.23. The second kappa shape index (κ2) is 5.05. The van der Waals surface area contributed by atoms with Crippen molar-refractivity contribution in [2.24, 2.45) is 0 Å². The van der Waals surface area contributed by atoms with Crippen LogP contribution in [0.2, 0.25) is 0 Å². The first-order valence-corrected chi connectivity index (χ1v) is 5.39. The van der Waals surface area contributed by atoms with E-state index in [2.05, 4.69) is 5.32 Å². The predicted molar refractivity (Wildman–Crippen MR) is 66.6 cm³/mol. The molecule has 0 atom stereocenters. The van der Waals surface area contributed by atoms with E-state index >= 15 is 0 Å². The Morgan fingerprint density at radius 1 is 1.21 bits per heavy atom. The van der Waals surface area contributed by atoms with Gasteiger partial charge in [0.05, 0.1) is 0 Å². The predicted octanol–water partition coefficient (Wildman–Crippen LogP) is 2.14. The maximum Gasteiger partial charge on any atom is 0.412 e. The quantitative estimate of drug-likeness (QED) is 0.483. The van der Waals surface area contributed by atoms with E-state index in [-0.39, 0.29) is 5.69 Å². The summed E-state index contributed by atoms with van der Waals surface area (Å²) < 4.78 is 4.97. The number of benzene rings is 1. The van der Waals surface area contributed by atoms with Crippen LogP contribution in [-0.2, 0) is 4.74 Å². The van der Waals surface area contributed by atoms with Gasteiger partial charge in [-0.05, 0) is 26.8 Å². The van der Waals surface area contributed by atoms with Crippen molar-refractivity contribution in [1.29, 1.82) is 0 Å². The fourth-order valence-corrected chi connectivity index (χ4v) is 1.28. The molecule has 104 valence electrons. The number of anilines is 1. The summed E-state index contributed by atoms with van der Waals surface area (Å²) in [4.78, 5) is 22.3. The first kappa shape index (κ1) is 14.6. The van der Waals surface area contributed by atoms with Gasteiger partial charge in [0.15, 0.2) is 11.5 Å². The van der Waals surface area contributed by atoms with E-state index < -0.39 is 34.7 Å². The fourth-order valence-electron chi connectivity index (χ4n) is 1.28. The highest BCUT2D eigenvalue weighted by atomic mass is 16.6. The van der Waals surface area contributed by atoms with Gasteiger partial charge in [-0.25, -0.2) is 9.59 Å². The molecular weight excluding hydrogens is 254 g/mol. The van der Waals surface area contributed by atoms with E-state index in [0.29, 0.717) is 0 Å². The number of carboxylic acid groups (broad SMARTS) is 1. The number of hydrogen-bond donors (Lipinski definition) is 4. The Bertz CT molecular complexity index is 518. The third-order valence-corrected chi connectivity index (χ3v) is 1.97. The van der Waals surface area contributed by atoms with Gasteiger partial charge in [-0.3, -0.25) is 5.32 Å². The van der Waals surface area contributed by atoms with E-state index in [4.69, 9.17) is 9.84 Å². The third kappa shape index (κ3) is 4.06. The Morgan fingerprint density at radius 2 is 1.79 bits per heavy atom. The molecule has 0 bridgehead atoms. The lowest BCUT2D eigenvalue weighted by Gasteiger charge is -2.19. The number of aromatic carboxylic acids is 1. The second-order valence-corrected chi connectivity index (χ2v) is 4.82. The fraction of sp³-hybridized carbons (Fsp3) is 0.333. The topological polar surface area (TPSA) is 116 Å². The molecule has 0 aliphatic rings. The van der Waals surface area contributed by atoms with Crippen molar-refractivity contribution >= 4 is 17.7 Å². The lowest BCUT2D eigenvalue weighted by molar-refractivity contribution is 0.0632. The number of carbonyl (C=O) groups excluding carboxylic acids is 1. The van der Waals surface area contributed by atoms with E-state index in [1.807, 2.05) is 0 Å². The highest BCUT2D eigenvalue weighted by molar-refractivity contribution is 5.95. The number of amides is 1. The number of hydrogen-bond acceptors (Lipinski definition) is 5. The molecule has 0 unspecified atom stereocenters. The number of ether oxygens (including phenoxy) is 1. The van der Waals surface area contributed by atoms with E-state index in [9.17, 15) is 19.8 Å². The van der Waals surface area contributed by atoms with Crippen molar-refractivity contribution in [2.75, 3.05) is 5.32 Å². The molecule has 1 rings (SSSR count). The van der Waals surface area contributed by atoms with Gasteiger partial charge in [-0.15, -0.1) is 0 Å². The Kier molecular flexibility index (Phi) is 3.89. The summed E-state index contributed by atoms with van der Waals surface area (Å²) in [6.07, 6.45) is -0.797. The SMILES string of the molecule is CC(C)(C)OC(=O)Nc1cc(O)c(O)c(C(=O)O)c1. The molecule has 7 heteroatoms. The zero-order valence-electron chi connectivity index (χ0n) is 10.7. The average Bonchev–Trinajstić information content (AvgIpc) is 2.19. The van der Waals surface area contributed by atoms with Crippen LogP contribution < -0.4 is 5.32 Å². The van der Waals surface area contributed by atoms with E-state index in [0.717, 1.165) is 12.1 Å². The first-order chi connectivity index (χ1) is 8.60. The molecule has 0 saturated heterocycles. The summed E-state index contributed by atoms with van der Waals surface area (Å²) in [6.45, 7) is 5.01. The van der Waals surface area contributed by atoms with Crippen LogP contribution in [0.15, 0.2) is 12.1 Å². The van der Waals surface area contributed by atoms with Crippen molar-refractivity contribution < 1.29 is 29.6 Å². The Labute approximate surface area is 109 Å². The van der Waals surface area contributed by atoms with Crippen molar-refractivity contribution in [3.05, 3.63) is 17.7 Å². The molecule has 19 heavy (non-hydrogen) atoms. The van der Waals surface area contributed by atoms with Gasteiger partial charge in [-0.1, -0.05) is 0 Å². The van der Waals surface area contributed by atoms with Crippen LogP contribution in [0, 0.1) is 0 Å². The number of nitrogens with one attached hydrogen (secondary N) is 1. The van der Waals surface area contributed by atoms with Crippen LogP contribution in [0.1, 0.15) is 31.1 Å². The number of phenolic OH excluding ortho intramolecular Hbond substituents is 1. The average molecular weight is 269 g/mol. The van der Waals surface area contributed by atoms with Gasteiger partial charge in [0.2, 0.25) is 0 Å². The molecule has 1 aromatic rings. The van der Waals surface area contributed by atoms with Crippen LogP contribution in [0.5, 0.6) is 11.5 Å². The lowest BCUT2D eigenvalue weighted by atomic mass is 10.1. The van der Waals surface area contributed by atoms with E-state index in [1.165, 1.54) is 0 Å². The molecule has 0 aliphatic heterocycles. The zero-order valence-corrected chi connectivity index (χ0v) is 10.7. The van der Waals surface area contributed by atoms with Gasteiger partial charge in [0.1, 0.15) is 11.2 Å². The number of carbonyl (C=O) groups is 2. The second-order valence-electron chi connectivity index (χ2n) is 4.82. The largest absolute Gasteiger partial charge is 0.504 e. The Morgan fingerprint density at radius 3 is 2.26 bits per heavy atom. The monoisotopic (exact) mass is 269 g/mol. The minimum absolute atomic E-state index is 0.00181. The Hall–Kier alpha value is -2.44. The summed E-state index contributed by atoms with van der Waals surface area (Å²) in [5.74, 6) is -2.84. The molecule has 0 fully saturated rings. The first-order valence-electron chi connectivity index (χ1n) is 5.39. The molecule has 4 N–H and O–H groups in total. The number of aromatic hydroxyl groups is 2. The van der Waals surface area contributed by atoms with Gasteiger partial charge >= 0.3 is 12.1 Å². The van der Waals surface area contributed by atoms with Gasteiger partial charge < -0.3 is 20.1 Å². The molecule has 0 aromatic heterocycles. The smallest absolute Gasteiger partial charge is 0.412 e. The lowest BCUT2D eigenvalue weighted by Crippen LogP contribution is -2.27. The standard InChI is InChI=1S/C12H15NO6/c1-12(2,3)19-11(18)13-6-4-7(10(16)17)9(15)8(14)5-6/h4-5,14-15H,1-3H3,(H,13,18)(H,16,17). The molecule has 1 amide bonds. The van der Waals surface area contributed by atoms with Gasteiger partial charge in [-0.2, -0.15) is 0 Å². The van der Waals surface area contributed by atoms with Gasteiger partial charge in [0.25, 0.3) is 0 Å².